The molecule has 5 nitrogen and oxygen atoms in total. The summed E-state index contributed by atoms with van der Waals surface area (Å²) in [6.45, 7) is -5.32. The SMILES string of the molecule is CC(COCC(F)(F)OC(F)(F)C(F)(F)OC(F)F)COc1ccc(CO)cc1. The zero-order chi connectivity index (χ0) is 22.3. The summed E-state index contributed by atoms with van der Waals surface area (Å²) in [4.78, 5) is 0. The predicted molar refractivity (Wildman–Crippen MR) is 80.9 cm³/mol. The Hall–Kier alpha value is -1.70. The Morgan fingerprint density at radius 1 is 0.931 bits per heavy atom. The lowest BCUT2D eigenvalue weighted by Gasteiger charge is -2.28. The van der Waals surface area contributed by atoms with Crippen LogP contribution in [0.15, 0.2) is 24.3 Å². The molecule has 1 unspecified atom stereocenters. The molecule has 0 aliphatic rings. The van der Waals surface area contributed by atoms with E-state index in [0.29, 0.717) is 11.3 Å². The Bertz CT molecular complexity index is 612. The lowest BCUT2D eigenvalue weighted by atomic mass is 10.2. The van der Waals surface area contributed by atoms with Crippen molar-refractivity contribution in [3.05, 3.63) is 29.8 Å². The Labute approximate surface area is 160 Å². The second kappa shape index (κ2) is 10.4. The van der Waals surface area contributed by atoms with E-state index in [1.54, 1.807) is 24.3 Å². The highest BCUT2D eigenvalue weighted by atomic mass is 19.3. The van der Waals surface area contributed by atoms with E-state index in [2.05, 4.69) is 14.2 Å². The normalized spacial score (nSPS) is 14.3. The Kier molecular flexibility index (Phi) is 9.06. The number of aliphatic hydroxyl groups excluding tert-OH is 1. The lowest BCUT2D eigenvalue weighted by molar-refractivity contribution is -0.500. The van der Waals surface area contributed by atoms with Gasteiger partial charge in [0.25, 0.3) is 0 Å². The molecule has 1 rings (SSSR count). The van der Waals surface area contributed by atoms with E-state index in [-0.39, 0.29) is 13.2 Å². The van der Waals surface area contributed by atoms with Gasteiger partial charge in [-0.2, -0.15) is 35.1 Å². The monoisotopic (exact) mass is 442 g/mol. The average molecular weight is 442 g/mol. The Morgan fingerprint density at radius 3 is 2.03 bits per heavy atom. The van der Waals surface area contributed by atoms with E-state index in [1.165, 1.54) is 6.92 Å². The van der Waals surface area contributed by atoms with Crippen molar-refractivity contribution in [3.63, 3.8) is 0 Å². The molecule has 0 aliphatic heterocycles. The number of hydrogen-bond acceptors (Lipinski definition) is 5. The standard InChI is InChI=1S/C16H18F8O5/c1-10(8-27-12-4-2-11(6-25)3-5-12)7-26-9-14(19,20)29-16(23,24)15(21,22)28-13(17)18/h2-5,10,13,25H,6-9H2,1H3. The zero-order valence-corrected chi connectivity index (χ0v) is 14.9. The molecule has 1 aromatic carbocycles. The highest BCUT2D eigenvalue weighted by Gasteiger charge is 2.65. The fourth-order valence-corrected chi connectivity index (χ4v) is 1.81. The number of aliphatic hydroxyl groups is 1. The zero-order valence-electron chi connectivity index (χ0n) is 14.9. The molecular weight excluding hydrogens is 424 g/mol. The van der Waals surface area contributed by atoms with Gasteiger partial charge in [0, 0.05) is 5.92 Å². The van der Waals surface area contributed by atoms with Crippen LogP contribution in [0.25, 0.3) is 0 Å². The van der Waals surface area contributed by atoms with Gasteiger partial charge in [0.1, 0.15) is 12.4 Å². The lowest BCUT2D eigenvalue weighted by Crippen LogP contribution is -2.50. The molecule has 0 heterocycles. The van der Waals surface area contributed by atoms with Crippen molar-refractivity contribution in [2.75, 3.05) is 19.8 Å². The summed E-state index contributed by atoms with van der Waals surface area (Å²) in [6, 6.07) is 6.26. The molecule has 0 saturated heterocycles. The minimum atomic E-state index is -6.04. The molecular formula is C16H18F8O5. The molecule has 0 fully saturated rings. The van der Waals surface area contributed by atoms with Crippen molar-refractivity contribution in [3.8, 4) is 5.75 Å². The van der Waals surface area contributed by atoms with Gasteiger partial charge in [0.2, 0.25) is 0 Å². The average Bonchev–Trinajstić information content (AvgIpc) is 2.58. The first kappa shape index (κ1) is 25.3. The summed E-state index contributed by atoms with van der Waals surface area (Å²) in [7, 11) is 0. The predicted octanol–water partition coefficient (Wildman–Crippen LogP) is 4.24. The number of ether oxygens (including phenoxy) is 4. The number of hydrogen-bond donors (Lipinski definition) is 1. The van der Waals surface area contributed by atoms with Crippen LogP contribution < -0.4 is 4.74 Å². The Morgan fingerprint density at radius 2 is 1.52 bits per heavy atom. The van der Waals surface area contributed by atoms with Crippen LogP contribution in [0, 0.1) is 5.92 Å². The molecule has 1 aromatic rings. The van der Waals surface area contributed by atoms with Crippen molar-refractivity contribution >= 4 is 0 Å². The van der Waals surface area contributed by atoms with Crippen LogP contribution in [0.4, 0.5) is 35.1 Å². The first-order valence-corrected chi connectivity index (χ1v) is 7.98. The van der Waals surface area contributed by atoms with Gasteiger partial charge < -0.3 is 14.6 Å². The molecule has 0 radical (unpaired) electrons. The van der Waals surface area contributed by atoms with Gasteiger partial charge in [0.05, 0.1) is 19.8 Å². The topological polar surface area (TPSA) is 57.2 Å². The highest BCUT2D eigenvalue weighted by Crippen LogP contribution is 2.41. The van der Waals surface area contributed by atoms with Crippen molar-refractivity contribution in [1.82, 2.24) is 0 Å². The third-order valence-electron chi connectivity index (χ3n) is 3.17. The van der Waals surface area contributed by atoms with Gasteiger partial charge >= 0.3 is 24.9 Å². The third kappa shape index (κ3) is 8.68. The first-order chi connectivity index (χ1) is 13.3. The van der Waals surface area contributed by atoms with Crippen molar-refractivity contribution in [1.29, 1.82) is 0 Å². The maximum atomic E-state index is 13.3. The summed E-state index contributed by atoms with van der Waals surface area (Å²) in [5.74, 6) is -0.115. The van der Waals surface area contributed by atoms with E-state index < -0.39 is 44.1 Å². The van der Waals surface area contributed by atoms with E-state index in [9.17, 15) is 35.1 Å². The molecule has 0 spiro atoms. The van der Waals surface area contributed by atoms with Gasteiger partial charge in [-0.25, -0.2) is 4.74 Å². The maximum Gasteiger partial charge on any atom is 0.453 e. The minimum absolute atomic E-state index is 0.0264. The summed E-state index contributed by atoms with van der Waals surface area (Å²) in [5.41, 5.74) is 0.636. The van der Waals surface area contributed by atoms with E-state index in [4.69, 9.17) is 9.84 Å². The number of rotatable bonds is 13. The summed E-state index contributed by atoms with van der Waals surface area (Å²) in [5, 5.41) is 8.91. The maximum absolute atomic E-state index is 13.3. The molecule has 1 atom stereocenters. The van der Waals surface area contributed by atoms with Crippen LogP contribution in [0.3, 0.4) is 0 Å². The third-order valence-corrected chi connectivity index (χ3v) is 3.17. The van der Waals surface area contributed by atoms with Gasteiger partial charge in [-0.05, 0) is 17.7 Å². The molecule has 13 heteroatoms. The van der Waals surface area contributed by atoms with Gasteiger partial charge in [0.15, 0.2) is 0 Å². The quantitative estimate of drug-likeness (QED) is 0.463. The van der Waals surface area contributed by atoms with Gasteiger partial charge in [-0.15, -0.1) is 0 Å². The number of benzene rings is 1. The van der Waals surface area contributed by atoms with E-state index >= 15 is 0 Å². The van der Waals surface area contributed by atoms with Crippen LogP contribution in [-0.2, 0) is 20.8 Å². The molecule has 0 saturated carbocycles. The fraction of sp³-hybridized carbons (Fsp3) is 0.625. The molecule has 1 N–H and O–H groups in total. The smallest absolute Gasteiger partial charge is 0.453 e. The van der Waals surface area contributed by atoms with Crippen molar-refractivity contribution < 1.29 is 59.2 Å². The fourth-order valence-electron chi connectivity index (χ4n) is 1.81. The largest absolute Gasteiger partial charge is 0.493 e. The molecule has 0 aromatic heterocycles. The van der Waals surface area contributed by atoms with E-state index in [0.717, 1.165) is 0 Å². The van der Waals surface area contributed by atoms with Crippen molar-refractivity contribution in [2.45, 2.75) is 38.5 Å². The minimum Gasteiger partial charge on any atom is -0.493 e. The van der Waals surface area contributed by atoms with Gasteiger partial charge in [-0.3, -0.25) is 4.74 Å². The number of alkyl halides is 8. The first-order valence-electron chi connectivity index (χ1n) is 7.98. The van der Waals surface area contributed by atoms with Crippen LogP contribution in [0.5, 0.6) is 5.75 Å². The summed E-state index contributed by atoms with van der Waals surface area (Å²) in [6.07, 6.45) is -16.9. The van der Waals surface area contributed by atoms with Crippen LogP contribution in [0.1, 0.15) is 12.5 Å². The van der Waals surface area contributed by atoms with Gasteiger partial charge in [-0.1, -0.05) is 19.1 Å². The van der Waals surface area contributed by atoms with Crippen LogP contribution in [0.2, 0.25) is 0 Å². The highest BCUT2D eigenvalue weighted by molar-refractivity contribution is 5.26. The summed E-state index contributed by atoms with van der Waals surface area (Å²) >= 11 is 0. The second-order valence-corrected chi connectivity index (χ2v) is 5.88. The van der Waals surface area contributed by atoms with E-state index in [1.807, 2.05) is 0 Å². The number of halogens is 8. The molecule has 168 valence electrons. The van der Waals surface area contributed by atoms with Crippen LogP contribution in [-0.4, -0.2) is 49.9 Å². The Balaban J connectivity index is 2.43. The summed E-state index contributed by atoms with van der Waals surface area (Å²) < 4.78 is 116. The second-order valence-electron chi connectivity index (χ2n) is 5.88. The van der Waals surface area contributed by atoms with Crippen LogP contribution >= 0.6 is 0 Å². The molecule has 0 aliphatic carbocycles. The van der Waals surface area contributed by atoms with Crippen molar-refractivity contribution in [2.24, 2.45) is 5.92 Å². The molecule has 0 amide bonds. The molecule has 29 heavy (non-hydrogen) atoms. The molecule has 0 bridgehead atoms.